The second-order valence-electron chi connectivity index (χ2n) is 5.15. The first-order valence-corrected chi connectivity index (χ1v) is 7.10. The van der Waals surface area contributed by atoms with Crippen LogP contribution in [0.2, 0.25) is 0 Å². The fraction of sp³-hybridized carbons (Fsp3) is 0.615. The van der Waals surface area contributed by atoms with E-state index >= 15 is 0 Å². The number of aryl methyl sites for hydroxylation is 1. The average Bonchev–Trinajstić information content (AvgIpc) is 2.96. The van der Waals surface area contributed by atoms with E-state index in [2.05, 4.69) is 4.98 Å². The van der Waals surface area contributed by atoms with Crippen LogP contribution in [0.3, 0.4) is 0 Å². The molecule has 5 nitrogen and oxygen atoms in total. The van der Waals surface area contributed by atoms with Gasteiger partial charge in [0.05, 0.1) is 29.6 Å². The van der Waals surface area contributed by atoms with E-state index in [0.29, 0.717) is 25.9 Å². The first-order chi connectivity index (χ1) is 8.94. The number of carbonyl (C=O) groups excluding carboxylic acids is 2. The number of likely N-dealkylation sites (tertiary alicyclic amines) is 1. The molecule has 0 aromatic carbocycles. The summed E-state index contributed by atoms with van der Waals surface area (Å²) in [5.74, 6) is -0.217. The van der Waals surface area contributed by atoms with Crippen molar-refractivity contribution in [3.8, 4) is 0 Å². The predicted molar refractivity (Wildman–Crippen MR) is 71.9 cm³/mol. The lowest BCUT2D eigenvalue weighted by Crippen LogP contribution is -2.36. The van der Waals surface area contributed by atoms with Gasteiger partial charge in [-0.3, -0.25) is 9.59 Å². The maximum Gasteiger partial charge on any atom is 0.313 e. The second-order valence-corrected chi connectivity index (χ2v) is 6.21. The van der Waals surface area contributed by atoms with E-state index in [4.69, 9.17) is 4.74 Å². The molecule has 6 heteroatoms. The lowest BCUT2D eigenvalue weighted by molar-refractivity contribution is -0.151. The Morgan fingerprint density at radius 2 is 2.32 bits per heavy atom. The number of ether oxygens (including phenoxy) is 1. The number of methoxy groups -OCH3 is 1. The van der Waals surface area contributed by atoms with E-state index in [1.807, 2.05) is 19.2 Å². The maximum atomic E-state index is 12.2. The molecule has 1 aromatic rings. The first kappa shape index (κ1) is 14.0. The predicted octanol–water partition coefficient (Wildman–Crippen LogP) is 1.41. The topological polar surface area (TPSA) is 59.5 Å². The van der Waals surface area contributed by atoms with Gasteiger partial charge in [-0.15, -0.1) is 11.3 Å². The summed E-state index contributed by atoms with van der Waals surface area (Å²) in [6.07, 6.45) is 0.961. The molecular weight excluding hydrogens is 264 g/mol. The lowest BCUT2D eigenvalue weighted by atomic mass is 9.90. The van der Waals surface area contributed by atoms with Gasteiger partial charge in [0.1, 0.15) is 0 Å². The maximum absolute atomic E-state index is 12.2. The largest absolute Gasteiger partial charge is 0.469 e. The zero-order chi connectivity index (χ0) is 14.0. The Bertz CT molecular complexity index is 500. The lowest BCUT2D eigenvalue weighted by Gasteiger charge is -2.21. The summed E-state index contributed by atoms with van der Waals surface area (Å²) in [4.78, 5) is 29.9. The van der Waals surface area contributed by atoms with E-state index in [-0.39, 0.29) is 11.9 Å². The van der Waals surface area contributed by atoms with Crippen molar-refractivity contribution in [2.75, 3.05) is 20.2 Å². The monoisotopic (exact) mass is 282 g/mol. The van der Waals surface area contributed by atoms with Crippen LogP contribution in [0.25, 0.3) is 0 Å². The van der Waals surface area contributed by atoms with Gasteiger partial charge in [-0.25, -0.2) is 4.98 Å². The van der Waals surface area contributed by atoms with E-state index in [9.17, 15) is 9.59 Å². The fourth-order valence-corrected chi connectivity index (χ4v) is 2.96. The Balaban J connectivity index is 1.97. The summed E-state index contributed by atoms with van der Waals surface area (Å²) in [5, 5.41) is 2.87. The number of amides is 1. The molecule has 1 atom stereocenters. The Morgan fingerprint density at radius 3 is 2.89 bits per heavy atom. The summed E-state index contributed by atoms with van der Waals surface area (Å²) >= 11 is 1.54. The molecule has 2 heterocycles. The molecule has 1 aliphatic rings. The Kier molecular flexibility index (Phi) is 3.89. The van der Waals surface area contributed by atoms with Crippen LogP contribution >= 0.6 is 11.3 Å². The Labute approximate surface area is 116 Å². The quantitative estimate of drug-likeness (QED) is 0.786. The van der Waals surface area contributed by atoms with E-state index < -0.39 is 5.41 Å². The molecule has 0 N–H and O–H groups in total. The number of hydrogen-bond acceptors (Lipinski definition) is 5. The summed E-state index contributed by atoms with van der Waals surface area (Å²) < 4.78 is 4.80. The van der Waals surface area contributed by atoms with Gasteiger partial charge in [-0.1, -0.05) is 0 Å². The van der Waals surface area contributed by atoms with Crippen LogP contribution in [0.4, 0.5) is 0 Å². The van der Waals surface area contributed by atoms with Crippen molar-refractivity contribution in [1.82, 2.24) is 9.88 Å². The Morgan fingerprint density at radius 1 is 1.58 bits per heavy atom. The first-order valence-electron chi connectivity index (χ1n) is 6.22. The fourth-order valence-electron chi connectivity index (χ4n) is 2.34. The molecule has 1 fully saturated rings. The van der Waals surface area contributed by atoms with Crippen LogP contribution in [0.15, 0.2) is 5.38 Å². The molecule has 1 amide bonds. The zero-order valence-corrected chi connectivity index (χ0v) is 12.2. The molecule has 0 saturated carbocycles. The summed E-state index contributed by atoms with van der Waals surface area (Å²) in [6, 6.07) is 0. The molecule has 104 valence electrons. The summed E-state index contributed by atoms with van der Waals surface area (Å²) in [7, 11) is 1.39. The molecule has 1 saturated heterocycles. The van der Waals surface area contributed by atoms with Crippen LogP contribution in [0.5, 0.6) is 0 Å². The number of esters is 1. The third kappa shape index (κ3) is 2.94. The van der Waals surface area contributed by atoms with Gasteiger partial charge in [0, 0.05) is 18.5 Å². The SMILES string of the molecule is COC(=O)[C@@]1(C)CCN(C(=O)Cc2csc(C)n2)C1. The molecule has 0 unspecified atom stereocenters. The molecule has 0 radical (unpaired) electrons. The van der Waals surface area contributed by atoms with Crippen molar-refractivity contribution < 1.29 is 14.3 Å². The van der Waals surface area contributed by atoms with E-state index in [0.717, 1.165) is 10.7 Å². The van der Waals surface area contributed by atoms with Gasteiger partial charge in [-0.05, 0) is 20.3 Å². The van der Waals surface area contributed by atoms with E-state index in [1.165, 1.54) is 7.11 Å². The number of hydrogen-bond donors (Lipinski definition) is 0. The average molecular weight is 282 g/mol. The zero-order valence-electron chi connectivity index (χ0n) is 11.4. The minimum Gasteiger partial charge on any atom is -0.469 e. The smallest absolute Gasteiger partial charge is 0.313 e. The minimum absolute atomic E-state index is 0.0259. The molecule has 0 spiro atoms. The number of carbonyl (C=O) groups is 2. The normalized spacial score (nSPS) is 22.6. The highest BCUT2D eigenvalue weighted by molar-refractivity contribution is 7.09. The third-order valence-corrected chi connectivity index (χ3v) is 4.33. The van der Waals surface area contributed by atoms with Gasteiger partial charge in [0.25, 0.3) is 0 Å². The van der Waals surface area contributed by atoms with Crippen molar-refractivity contribution in [1.29, 1.82) is 0 Å². The van der Waals surface area contributed by atoms with Crippen molar-refractivity contribution in [2.45, 2.75) is 26.7 Å². The molecular formula is C13H18N2O3S. The third-order valence-electron chi connectivity index (χ3n) is 3.50. The van der Waals surface area contributed by atoms with Crippen molar-refractivity contribution >= 4 is 23.2 Å². The standard InChI is InChI=1S/C13H18N2O3S/c1-9-14-10(7-19-9)6-11(16)15-5-4-13(2,8-15)12(17)18-3/h7H,4-6,8H2,1-3H3/t13-/m0/s1. The van der Waals surface area contributed by atoms with Crippen molar-refractivity contribution in [2.24, 2.45) is 5.41 Å². The molecule has 0 bridgehead atoms. The molecule has 1 aliphatic heterocycles. The number of thiazole rings is 1. The molecule has 0 aliphatic carbocycles. The minimum atomic E-state index is -0.567. The highest BCUT2D eigenvalue weighted by atomic mass is 32.1. The molecule has 2 rings (SSSR count). The van der Waals surface area contributed by atoms with Crippen molar-refractivity contribution in [3.05, 3.63) is 16.1 Å². The van der Waals surface area contributed by atoms with Gasteiger partial charge in [0.2, 0.25) is 5.91 Å². The van der Waals surface area contributed by atoms with Crippen molar-refractivity contribution in [3.63, 3.8) is 0 Å². The van der Waals surface area contributed by atoms with Gasteiger partial charge >= 0.3 is 5.97 Å². The van der Waals surface area contributed by atoms with Gasteiger partial charge < -0.3 is 9.64 Å². The summed E-state index contributed by atoms with van der Waals surface area (Å²) in [5.41, 5.74) is 0.238. The number of aromatic nitrogens is 1. The van der Waals surface area contributed by atoms with Crippen LogP contribution in [-0.4, -0.2) is 42.0 Å². The Hall–Kier alpha value is -1.43. The number of rotatable bonds is 3. The van der Waals surface area contributed by atoms with Crippen LogP contribution in [0, 0.1) is 12.3 Å². The van der Waals surface area contributed by atoms with E-state index in [1.54, 1.807) is 16.2 Å². The van der Waals surface area contributed by atoms with Crippen LogP contribution < -0.4 is 0 Å². The highest BCUT2D eigenvalue weighted by Gasteiger charge is 2.42. The number of nitrogens with zero attached hydrogens (tertiary/aromatic N) is 2. The van der Waals surface area contributed by atoms with Crippen LogP contribution in [0.1, 0.15) is 24.0 Å². The van der Waals surface area contributed by atoms with Gasteiger partial charge in [-0.2, -0.15) is 0 Å². The highest BCUT2D eigenvalue weighted by Crippen LogP contribution is 2.31. The molecule has 19 heavy (non-hydrogen) atoms. The second kappa shape index (κ2) is 5.28. The van der Waals surface area contributed by atoms with Gasteiger partial charge in [0.15, 0.2) is 0 Å². The van der Waals surface area contributed by atoms with Crippen LogP contribution in [-0.2, 0) is 20.7 Å². The summed E-state index contributed by atoms with van der Waals surface area (Å²) in [6.45, 7) is 4.80. The molecule has 1 aromatic heterocycles.